The minimum Gasteiger partial charge on any atom is -0.352 e. The molecule has 2 fully saturated rings. The Morgan fingerprint density at radius 3 is 2.53 bits per heavy atom. The highest BCUT2D eigenvalue weighted by Crippen LogP contribution is 2.24. The summed E-state index contributed by atoms with van der Waals surface area (Å²) < 4.78 is 0. The van der Waals surface area contributed by atoms with Gasteiger partial charge in [-0.2, -0.15) is 0 Å². The maximum Gasteiger partial charge on any atom is 0.237 e. The Morgan fingerprint density at radius 1 is 1.06 bits per heavy atom. The van der Waals surface area contributed by atoms with E-state index in [-0.39, 0.29) is 11.9 Å². The lowest BCUT2D eigenvalue weighted by molar-refractivity contribution is -0.125. The van der Waals surface area contributed by atoms with Crippen LogP contribution in [0.3, 0.4) is 0 Å². The third kappa shape index (κ3) is 3.44. The third-order valence-electron chi connectivity index (χ3n) is 4.37. The second kappa shape index (κ2) is 5.85. The highest BCUT2D eigenvalue weighted by molar-refractivity contribution is 5.82. The van der Waals surface area contributed by atoms with Crippen molar-refractivity contribution in [3.8, 4) is 0 Å². The fourth-order valence-electron chi connectivity index (χ4n) is 3.16. The Morgan fingerprint density at radius 2 is 1.82 bits per heavy atom. The standard InChI is InChI=1S/C14H26N2O/c1-10-6-3-4-8-12(10)16-14(17)13-9-5-7-11(2)15-13/h10-13,15H,3-9H2,1-2H3,(H,16,17). The number of hydrogen-bond acceptors (Lipinski definition) is 2. The highest BCUT2D eigenvalue weighted by atomic mass is 16.2. The molecule has 1 heterocycles. The van der Waals surface area contributed by atoms with E-state index in [9.17, 15) is 4.79 Å². The van der Waals surface area contributed by atoms with Crippen LogP contribution in [0.2, 0.25) is 0 Å². The maximum atomic E-state index is 12.2. The topological polar surface area (TPSA) is 41.1 Å². The van der Waals surface area contributed by atoms with Gasteiger partial charge in [0, 0.05) is 12.1 Å². The van der Waals surface area contributed by atoms with Crippen molar-refractivity contribution in [3.63, 3.8) is 0 Å². The van der Waals surface area contributed by atoms with Crippen LogP contribution in [0, 0.1) is 5.92 Å². The summed E-state index contributed by atoms with van der Waals surface area (Å²) in [6.07, 6.45) is 8.39. The van der Waals surface area contributed by atoms with Gasteiger partial charge in [0.15, 0.2) is 0 Å². The van der Waals surface area contributed by atoms with Gasteiger partial charge in [0.25, 0.3) is 0 Å². The largest absolute Gasteiger partial charge is 0.352 e. The second-order valence-electron chi connectivity index (χ2n) is 5.93. The summed E-state index contributed by atoms with van der Waals surface area (Å²) >= 11 is 0. The van der Waals surface area contributed by atoms with Crippen molar-refractivity contribution in [2.24, 2.45) is 5.92 Å². The maximum absolute atomic E-state index is 12.2. The molecule has 0 aromatic heterocycles. The van der Waals surface area contributed by atoms with Gasteiger partial charge >= 0.3 is 0 Å². The molecule has 2 aliphatic rings. The number of rotatable bonds is 2. The first kappa shape index (κ1) is 12.9. The van der Waals surface area contributed by atoms with Crippen LogP contribution in [0.25, 0.3) is 0 Å². The average molecular weight is 238 g/mol. The van der Waals surface area contributed by atoms with E-state index in [1.54, 1.807) is 0 Å². The Kier molecular flexibility index (Phi) is 4.43. The predicted molar refractivity (Wildman–Crippen MR) is 69.8 cm³/mol. The van der Waals surface area contributed by atoms with Crippen LogP contribution in [0.1, 0.15) is 58.8 Å². The number of carbonyl (C=O) groups excluding carboxylic acids is 1. The zero-order valence-corrected chi connectivity index (χ0v) is 11.2. The van der Waals surface area contributed by atoms with Gasteiger partial charge in [0.2, 0.25) is 5.91 Å². The van der Waals surface area contributed by atoms with Gasteiger partial charge in [0.1, 0.15) is 0 Å². The highest BCUT2D eigenvalue weighted by Gasteiger charge is 2.28. The molecule has 0 radical (unpaired) electrons. The molecule has 4 atom stereocenters. The van der Waals surface area contributed by atoms with E-state index >= 15 is 0 Å². The van der Waals surface area contributed by atoms with E-state index in [4.69, 9.17) is 0 Å². The molecule has 1 aliphatic carbocycles. The van der Waals surface area contributed by atoms with Crippen LogP contribution in [-0.2, 0) is 4.79 Å². The first-order valence-electron chi connectivity index (χ1n) is 7.23. The molecule has 2 rings (SSSR count). The third-order valence-corrected chi connectivity index (χ3v) is 4.37. The van der Waals surface area contributed by atoms with Gasteiger partial charge in [-0.3, -0.25) is 4.79 Å². The minimum atomic E-state index is 0.0490. The SMILES string of the molecule is CC1CCCC(C(=O)NC2CCCCC2C)N1. The van der Waals surface area contributed by atoms with E-state index in [0.717, 1.165) is 12.8 Å². The summed E-state index contributed by atoms with van der Waals surface area (Å²) in [5.41, 5.74) is 0. The van der Waals surface area contributed by atoms with Crippen LogP contribution in [-0.4, -0.2) is 24.0 Å². The quantitative estimate of drug-likeness (QED) is 0.774. The molecule has 3 heteroatoms. The van der Waals surface area contributed by atoms with Gasteiger partial charge in [-0.05, 0) is 44.9 Å². The smallest absolute Gasteiger partial charge is 0.237 e. The molecule has 0 spiro atoms. The van der Waals surface area contributed by atoms with Crippen molar-refractivity contribution in [1.29, 1.82) is 0 Å². The number of hydrogen-bond donors (Lipinski definition) is 2. The molecule has 3 nitrogen and oxygen atoms in total. The van der Waals surface area contributed by atoms with Crippen LogP contribution in [0.5, 0.6) is 0 Å². The van der Waals surface area contributed by atoms with Crippen molar-refractivity contribution >= 4 is 5.91 Å². The van der Waals surface area contributed by atoms with E-state index in [1.807, 2.05) is 0 Å². The summed E-state index contributed by atoms with van der Waals surface area (Å²) in [4.78, 5) is 12.2. The fraction of sp³-hybridized carbons (Fsp3) is 0.929. The van der Waals surface area contributed by atoms with Crippen molar-refractivity contribution in [1.82, 2.24) is 10.6 Å². The van der Waals surface area contributed by atoms with E-state index in [0.29, 0.717) is 18.0 Å². The first-order valence-corrected chi connectivity index (χ1v) is 7.23. The lowest BCUT2D eigenvalue weighted by atomic mass is 9.85. The Balaban J connectivity index is 1.83. The molecule has 1 saturated carbocycles. The molecule has 1 aliphatic heterocycles. The molecule has 2 N–H and O–H groups in total. The van der Waals surface area contributed by atoms with Gasteiger partial charge in [0.05, 0.1) is 6.04 Å². The van der Waals surface area contributed by atoms with E-state index < -0.39 is 0 Å². The molecular weight excluding hydrogens is 212 g/mol. The van der Waals surface area contributed by atoms with Crippen LogP contribution in [0.4, 0.5) is 0 Å². The van der Waals surface area contributed by atoms with Gasteiger partial charge in [-0.15, -0.1) is 0 Å². The summed E-state index contributed by atoms with van der Waals surface area (Å²) in [5, 5.41) is 6.67. The molecule has 0 aromatic rings. The van der Waals surface area contributed by atoms with Gasteiger partial charge in [-0.1, -0.05) is 19.8 Å². The van der Waals surface area contributed by atoms with E-state index in [1.165, 1.54) is 32.1 Å². The monoisotopic (exact) mass is 238 g/mol. The molecule has 0 bridgehead atoms. The number of carbonyl (C=O) groups is 1. The molecule has 0 aromatic carbocycles. The fourth-order valence-corrected chi connectivity index (χ4v) is 3.16. The number of amides is 1. The summed E-state index contributed by atoms with van der Waals surface area (Å²) in [6, 6.07) is 0.950. The van der Waals surface area contributed by atoms with Crippen molar-refractivity contribution in [2.75, 3.05) is 0 Å². The second-order valence-corrected chi connectivity index (χ2v) is 5.93. The molecule has 4 unspecified atom stereocenters. The normalized spacial score (nSPS) is 38.7. The Bertz CT molecular complexity index is 267. The first-order chi connectivity index (χ1) is 8.16. The van der Waals surface area contributed by atoms with Crippen LogP contribution in [0.15, 0.2) is 0 Å². The summed E-state index contributed by atoms with van der Waals surface area (Å²) in [6.45, 7) is 4.43. The molecular formula is C14H26N2O. The van der Waals surface area contributed by atoms with Crippen molar-refractivity contribution in [3.05, 3.63) is 0 Å². The van der Waals surface area contributed by atoms with E-state index in [2.05, 4.69) is 24.5 Å². The summed E-state index contributed by atoms with van der Waals surface area (Å²) in [5.74, 6) is 0.879. The van der Waals surface area contributed by atoms with Crippen molar-refractivity contribution < 1.29 is 4.79 Å². The van der Waals surface area contributed by atoms with Crippen LogP contribution >= 0.6 is 0 Å². The van der Waals surface area contributed by atoms with Gasteiger partial charge < -0.3 is 10.6 Å². The predicted octanol–water partition coefficient (Wildman–Crippen LogP) is 2.21. The lowest BCUT2D eigenvalue weighted by Gasteiger charge is -2.33. The van der Waals surface area contributed by atoms with Gasteiger partial charge in [-0.25, -0.2) is 0 Å². The van der Waals surface area contributed by atoms with Crippen molar-refractivity contribution in [2.45, 2.75) is 76.9 Å². The zero-order valence-electron chi connectivity index (χ0n) is 11.2. The lowest BCUT2D eigenvalue weighted by Crippen LogP contribution is -2.53. The molecule has 1 amide bonds. The number of piperidine rings is 1. The minimum absolute atomic E-state index is 0.0490. The summed E-state index contributed by atoms with van der Waals surface area (Å²) in [7, 11) is 0. The van der Waals surface area contributed by atoms with Crippen LogP contribution < -0.4 is 10.6 Å². The zero-order chi connectivity index (χ0) is 12.3. The Labute approximate surface area is 105 Å². The molecule has 1 saturated heterocycles. The number of nitrogens with one attached hydrogen (secondary N) is 2. The molecule has 17 heavy (non-hydrogen) atoms. The Hall–Kier alpha value is -0.570. The average Bonchev–Trinajstić information content (AvgIpc) is 2.32. The molecule has 98 valence electrons.